The van der Waals surface area contributed by atoms with Gasteiger partial charge in [0.25, 0.3) is 0 Å². The average Bonchev–Trinajstić information content (AvgIpc) is 3.11. The van der Waals surface area contributed by atoms with Crippen molar-refractivity contribution in [3.05, 3.63) is 48.6 Å². The van der Waals surface area contributed by atoms with Crippen molar-refractivity contribution < 1.29 is 44.9 Å². The summed E-state index contributed by atoms with van der Waals surface area (Å²) < 4.78 is 11.0. The van der Waals surface area contributed by atoms with Crippen molar-refractivity contribution in [2.24, 2.45) is 0 Å². The van der Waals surface area contributed by atoms with Crippen LogP contribution in [0.2, 0.25) is 0 Å². The monoisotopic (exact) mass is 710 g/mol. The number of rotatable bonds is 30. The lowest BCUT2D eigenvalue weighted by Gasteiger charge is -2.40. The Labute approximate surface area is 302 Å². The lowest BCUT2D eigenvalue weighted by molar-refractivity contribution is -0.302. The van der Waals surface area contributed by atoms with Crippen molar-refractivity contribution in [3.63, 3.8) is 0 Å². The molecule has 7 N–H and O–H groups in total. The summed E-state index contributed by atoms with van der Waals surface area (Å²) in [7, 11) is 0. The molecule has 1 aliphatic rings. The minimum absolute atomic E-state index is 0.0918. The molecule has 8 unspecified atom stereocenters. The number of carbonyl (C=O) groups is 1. The zero-order valence-electron chi connectivity index (χ0n) is 31.0. The van der Waals surface area contributed by atoms with Crippen LogP contribution in [0.15, 0.2) is 48.6 Å². The largest absolute Gasteiger partial charge is 0.394 e. The second kappa shape index (κ2) is 30.7. The van der Waals surface area contributed by atoms with Crippen LogP contribution in [0.3, 0.4) is 0 Å². The molecule has 0 radical (unpaired) electrons. The first-order valence-corrected chi connectivity index (χ1v) is 19.5. The molecule has 0 bridgehead atoms. The van der Waals surface area contributed by atoms with E-state index in [4.69, 9.17) is 9.47 Å². The van der Waals surface area contributed by atoms with Gasteiger partial charge in [-0.25, -0.2) is 0 Å². The molecular weight excluding hydrogens is 638 g/mol. The third kappa shape index (κ3) is 21.5. The van der Waals surface area contributed by atoms with E-state index < -0.39 is 61.5 Å². The Bertz CT molecular complexity index is 938. The van der Waals surface area contributed by atoms with Crippen LogP contribution in [0.25, 0.3) is 0 Å². The number of aliphatic hydroxyl groups excluding tert-OH is 6. The van der Waals surface area contributed by atoms with Crippen LogP contribution in [-0.4, -0.2) is 98.7 Å². The first kappa shape index (κ1) is 46.1. The van der Waals surface area contributed by atoms with E-state index in [-0.39, 0.29) is 13.0 Å². The lowest BCUT2D eigenvalue weighted by Crippen LogP contribution is -2.60. The van der Waals surface area contributed by atoms with Gasteiger partial charge in [-0.05, 0) is 44.9 Å². The molecule has 0 aliphatic carbocycles. The number of aliphatic hydroxyl groups is 6. The third-order valence-electron chi connectivity index (χ3n) is 8.99. The van der Waals surface area contributed by atoms with Crippen molar-refractivity contribution in [1.29, 1.82) is 0 Å². The summed E-state index contributed by atoms with van der Waals surface area (Å²) in [6.45, 7) is 3.48. The molecule has 1 heterocycles. The molecule has 1 fully saturated rings. The second-order valence-corrected chi connectivity index (χ2v) is 13.5. The van der Waals surface area contributed by atoms with Gasteiger partial charge < -0.3 is 45.4 Å². The highest BCUT2D eigenvalue weighted by molar-refractivity contribution is 5.81. The number of nitrogens with one attached hydrogen (secondary N) is 1. The summed E-state index contributed by atoms with van der Waals surface area (Å²) >= 11 is 0. The SMILES string of the molecule is CCCCCCCC/C=C\C/C=C\CC(O)C(=O)NC(COC1OC(CO)C(O)C(O)C1O)C(O)/C=C/CC/C=C/CCCCCCCCC. The summed E-state index contributed by atoms with van der Waals surface area (Å²) in [6, 6.07) is -1.03. The number of unbranched alkanes of at least 4 members (excludes halogenated alkanes) is 14. The number of allylic oxidation sites excluding steroid dienone is 6. The van der Waals surface area contributed by atoms with Gasteiger partial charge in [0.05, 0.1) is 25.4 Å². The molecule has 290 valence electrons. The minimum atomic E-state index is -1.62. The number of ether oxygens (including phenoxy) is 2. The van der Waals surface area contributed by atoms with Gasteiger partial charge in [0.2, 0.25) is 5.91 Å². The van der Waals surface area contributed by atoms with Gasteiger partial charge in [0.15, 0.2) is 6.29 Å². The molecule has 0 aromatic heterocycles. The molecule has 1 rings (SSSR count). The zero-order chi connectivity index (χ0) is 36.8. The van der Waals surface area contributed by atoms with Crippen molar-refractivity contribution in [1.82, 2.24) is 5.32 Å². The van der Waals surface area contributed by atoms with E-state index in [0.29, 0.717) is 12.8 Å². The highest BCUT2D eigenvalue weighted by Gasteiger charge is 2.44. The minimum Gasteiger partial charge on any atom is -0.394 e. The van der Waals surface area contributed by atoms with E-state index in [1.54, 1.807) is 12.2 Å². The molecule has 0 aromatic rings. The molecule has 50 heavy (non-hydrogen) atoms. The van der Waals surface area contributed by atoms with E-state index in [2.05, 4.69) is 43.5 Å². The second-order valence-electron chi connectivity index (χ2n) is 13.5. The fraction of sp³-hybridized carbons (Fsp3) is 0.775. The Kier molecular flexibility index (Phi) is 28.3. The predicted octanol–water partition coefficient (Wildman–Crippen LogP) is 5.69. The molecule has 10 nitrogen and oxygen atoms in total. The zero-order valence-corrected chi connectivity index (χ0v) is 31.0. The maximum absolute atomic E-state index is 12.9. The smallest absolute Gasteiger partial charge is 0.249 e. The van der Waals surface area contributed by atoms with E-state index in [0.717, 1.165) is 19.3 Å². The predicted molar refractivity (Wildman–Crippen MR) is 199 cm³/mol. The summed E-state index contributed by atoms with van der Waals surface area (Å²) in [5, 5.41) is 64.1. The first-order valence-electron chi connectivity index (χ1n) is 19.5. The van der Waals surface area contributed by atoms with Gasteiger partial charge >= 0.3 is 0 Å². The first-order chi connectivity index (χ1) is 24.3. The Morgan fingerprint density at radius 2 is 1.24 bits per heavy atom. The van der Waals surface area contributed by atoms with Crippen LogP contribution in [0.4, 0.5) is 0 Å². The van der Waals surface area contributed by atoms with Crippen molar-refractivity contribution >= 4 is 5.91 Å². The van der Waals surface area contributed by atoms with Crippen LogP contribution in [0.5, 0.6) is 0 Å². The van der Waals surface area contributed by atoms with Gasteiger partial charge in [0, 0.05) is 6.42 Å². The lowest BCUT2D eigenvalue weighted by atomic mass is 9.99. The number of hydrogen-bond acceptors (Lipinski definition) is 9. The Hall–Kier alpha value is -1.89. The number of carbonyl (C=O) groups excluding carboxylic acids is 1. The van der Waals surface area contributed by atoms with Crippen molar-refractivity contribution in [3.8, 4) is 0 Å². The van der Waals surface area contributed by atoms with Crippen LogP contribution >= 0.6 is 0 Å². The quantitative estimate of drug-likeness (QED) is 0.0366. The molecule has 10 heteroatoms. The molecule has 0 aromatic carbocycles. The molecule has 0 saturated carbocycles. The number of amides is 1. The third-order valence-corrected chi connectivity index (χ3v) is 8.99. The summed E-state index contributed by atoms with van der Waals surface area (Å²) in [6.07, 6.45) is 26.5. The number of hydrogen-bond donors (Lipinski definition) is 7. The van der Waals surface area contributed by atoms with Gasteiger partial charge in [-0.1, -0.05) is 133 Å². The molecular formula is C40H71NO9. The van der Waals surface area contributed by atoms with Crippen LogP contribution in [0.1, 0.15) is 136 Å². The van der Waals surface area contributed by atoms with Gasteiger partial charge in [-0.3, -0.25) is 4.79 Å². The fourth-order valence-electron chi connectivity index (χ4n) is 5.69. The van der Waals surface area contributed by atoms with Crippen LogP contribution < -0.4 is 5.32 Å². The normalized spacial score (nSPS) is 23.4. The summed E-state index contributed by atoms with van der Waals surface area (Å²) in [4.78, 5) is 12.9. The fourth-order valence-corrected chi connectivity index (χ4v) is 5.69. The van der Waals surface area contributed by atoms with Gasteiger partial charge in [-0.15, -0.1) is 0 Å². The van der Waals surface area contributed by atoms with Crippen molar-refractivity contribution in [2.75, 3.05) is 13.2 Å². The highest BCUT2D eigenvalue weighted by atomic mass is 16.7. The summed E-state index contributed by atoms with van der Waals surface area (Å²) in [5.41, 5.74) is 0. The van der Waals surface area contributed by atoms with Gasteiger partial charge in [-0.2, -0.15) is 0 Å². The van der Waals surface area contributed by atoms with E-state index in [1.165, 1.54) is 83.5 Å². The molecule has 1 aliphatic heterocycles. The van der Waals surface area contributed by atoms with E-state index in [9.17, 15) is 35.4 Å². The molecule has 1 saturated heterocycles. The van der Waals surface area contributed by atoms with E-state index in [1.807, 2.05) is 12.2 Å². The van der Waals surface area contributed by atoms with Crippen molar-refractivity contribution in [2.45, 2.75) is 185 Å². The van der Waals surface area contributed by atoms with Crippen LogP contribution in [-0.2, 0) is 14.3 Å². The Balaban J connectivity index is 2.61. The topological polar surface area (TPSA) is 169 Å². The van der Waals surface area contributed by atoms with E-state index >= 15 is 0 Å². The Morgan fingerprint density at radius 1 is 0.700 bits per heavy atom. The average molecular weight is 710 g/mol. The maximum Gasteiger partial charge on any atom is 0.249 e. The molecule has 1 amide bonds. The Morgan fingerprint density at radius 3 is 1.86 bits per heavy atom. The standard InChI is InChI=1S/C40H71NO9/c1-3-5-7-9-11-13-15-17-19-20-22-24-26-28-33(43)32(31-49-40-38(47)37(46)36(45)35(30-42)50-40)41-39(48)34(44)29-27-25-23-21-18-16-14-12-10-8-6-4-2/h18-21,25-28,32-38,40,42-47H,3-17,22-24,29-31H2,1-2H3,(H,41,48)/b20-19+,21-18-,27-25-,28-26+. The molecule has 8 atom stereocenters. The van der Waals surface area contributed by atoms with Gasteiger partial charge in [0.1, 0.15) is 30.5 Å². The maximum atomic E-state index is 12.9. The summed E-state index contributed by atoms with van der Waals surface area (Å²) in [5.74, 6) is -0.698. The highest BCUT2D eigenvalue weighted by Crippen LogP contribution is 2.22. The molecule has 0 spiro atoms. The van der Waals surface area contributed by atoms with Crippen LogP contribution in [0, 0.1) is 0 Å².